The van der Waals surface area contributed by atoms with Crippen molar-refractivity contribution in [2.24, 2.45) is 0 Å². The fourth-order valence-corrected chi connectivity index (χ4v) is 2.43. The second-order valence-corrected chi connectivity index (χ2v) is 5.79. The van der Waals surface area contributed by atoms with Gasteiger partial charge in [-0.2, -0.15) is 0 Å². The van der Waals surface area contributed by atoms with Crippen LogP contribution >= 0.6 is 0 Å². The molecule has 0 aliphatic carbocycles. The van der Waals surface area contributed by atoms with Gasteiger partial charge in [0.1, 0.15) is 0 Å². The van der Waals surface area contributed by atoms with E-state index in [1.807, 2.05) is 6.92 Å². The Morgan fingerprint density at radius 3 is 2.38 bits per heavy atom. The second kappa shape index (κ2) is 5.26. The summed E-state index contributed by atoms with van der Waals surface area (Å²) in [6.07, 6.45) is 0. The molecule has 0 aliphatic rings. The second-order valence-electron chi connectivity index (χ2n) is 3.11. The average molecular weight is 239 g/mol. The summed E-state index contributed by atoms with van der Waals surface area (Å²) in [5.74, 6) is 0. The summed E-state index contributed by atoms with van der Waals surface area (Å²) in [6, 6.07) is 8.79. The Kier molecular flexibility index (Phi) is 4.27. The van der Waals surface area contributed by atoms with Crippen LogP contribution in [0.1, 0.15) is 25.0 Å². The van der Waals surface area contributed by atoms with Crippen LogP contribution in [0.2, 0.25) is 5.32 Å². The third-order valence-electron chi connectivity index (χ3n) is 1.92. The number of hydrogen-bond acceptors (Lipinski definition) is 0. The Hall–Kier alpha value is -0.521. The zero-order valence-corrected chi connectivity index (χ0v) is 10.1. The van der Waals surface area contributed by atoms with Crippen molar-refractivity contribution in [3.63, 3.8) is 0 Å². The molecule has 0 radical (unpaired) electrons. The minimum atomic E-state index is 0.782. The molecule has 0 fully saturated rings. The Bertz CT molecular complexity index is 272. The molecule has 0 atom stereocenters. The minimum absolute atomic E-state index is 0.782. The van der Waals surface area contributed by atoms with E-state index < -0.39 is 0 Å². The fraction of sp³-hybridized carbons (Fsp3) is 0.333. The van der Waals surface area contributed by atoms with Gasteiger partial charge in [0, 0.05) is 0 Å². The molecule has 0 N–H and O–H groups in total. The number of benzene rings is 1. The van der Waals surface area contributed by atoms with E-state index in [0.717, 1.165) is 20.5 Å². The topological polar surface area (TPSA) is 0 Å². The molecule has 0 aromatic heterocycles. The van der Waals surface area contributed by atoms with Crippen LogP contribution in [0.4, 0.5) is 0 Å². The van der Waals surface area contributed by atoms with E-state index in [4.69, 9.17) is 0 Å². The van der Waals surface area contributed by atoms with Gasteiger partial charge >= 0.3 is 87.0 Å². The van der Waals surface area contributed by atoms with Crippen molar-refractivity contribution in [3.8, 4) is 0 Å². The summed E-state index contributed by atoms with van der Waals surface area (Å²) in [5.41, 5.74) is 3.87. The van der Waals surface area contributed by atoms with Crippen LogP contribution in [0.3, 0.4) is 0 Å². The molecule has 0 bridgehead atoms. The zero-order valence-electron chi connectivity index (χ0n) is 8.34. The van der Waals surface area contributed by atoms with Gasteiger partial charge in [-0.05, 0) is 0 Å². The molecule has 0 unspecified atom stereocenters. The van der Waals surface area contributed by atoms with Crippen LogP contribution < -0.4 is 0 Å². The average Bonchev–Trinajstić information content (AvgIpc) is 2.15. The van der Waals surface area contributed by atoms with Crippen molar-refractivity contribution in [2.75, 3.05) is 0 Å². The van der Waals surface area contributed by atoms with Gasteiger partial charge in [0.25, 0.3) is 0 Å². The van der Waals surface area contributed by atoms with Gasteiger partial charge < -0.3 is 0 Å². The van der Waals surface area contributed by atoms with Crippen molar-refractivity contribution >= 4 is 20.5 Å². The van der Waals surface area contributed by atoms with E-state index in [0.29, 0.717) is 0 Å². The summed E-state index contributed by atoms with van der Waals surface area (Å²) in [4.78, 5) is 0. The Morgan fingerprint density at radius 1 is 1.31 bits per heavy atom. The zero-order chi connectivity index (χ0) is 9.68. The Morgan fingerprint density at radius 2 is 1.92 bits per heavy atom. The molecule has 0 heterocycles. The van der Waals surface area contributed by atoms with Crippen LogP contribution in [0.25, 0.3) is 5.57 Å². The van der Waals surface area contributed by atoms with Gasteiger partial charge in [-0.25, -0.2) is 0 Å². The number of rotatable bonds is 4. The predicted molar refractivity (Wildman–Crippen MR) is 61.1 cm³/mol. The van der Waals surface area contributed by atoms with Crippen LogP contribution in [0.5, 0.6) is 0 Å². The van der Waals surface area contributed by atoms with Crippen LogP contribution in [-0.2, 0) is 5.32 Å². The van der Waals surface area contributed by atoms with Gasteiger partial charge in [-0.3, -0.25) is 0 Å². The Balaban J connectivity index is 2.64. The molecule has 0 amide bonds. The summed E-state index contributed by atoms with van der Waals surface area (Å²) in [7, 11) is 0. The first kappa shape index (κ1) is 10.6. The molecule has 1 aromatic rings. The standard InChI is InChI=1S/C12H16Se/c1-4-13-9-11-5-7-12(8-6-11)10(2)3/h5-8H,2,4,9H2,1,3H3. The van der Waals surface area contributed by atoms with E-state index in [2.05, 4.69) is 37.8 Å². The monoisotopic (exact) mass is 240 g/mol. The van der Waals surface area contributed by atoms with Gasteiger partial charge in [0.05, 0.1) is 0 Å². The summed E-state index contributed by atoms with van der Waals surface area (Å²) in [5, 5.41) is 2.59. The molecule has 1 heteroatoms. The third-order valence-corrected chi connectivity index (χ3v) is 3.90. The van der Waals surface area contributed by atoms with E-state index in [9.17, 15) is 0 Å². The Labute approximate surface area is 87.2 Å². The fourth-order valence-electron chi connectivity index (χ4n) is 1.11. The van der Waals surface area contributed by atoms with Gasteiger partial charge in [0.2, 0.25) is 0 Å². The normalized spacial score (nSPS) is 10.0. The summed E-state index contributed by atoms with van der Waals surface area (Å²) < 4.78 is 0. The predicted octanol–water partition coefficient (Wildman–Crippen LogP) is 3.36. The summed E-state index contributed by atoms with van der Waals surface area (Å²) >= 11 is 0.782. The van der Waals surface area contributed by atoms with E-state index in [-0.39, 0.29) is 0 Å². The first-order chi connectivity index (χ1) is 6.24. The number of hydrogen-bond donors (Lipinski definition) is 0. The summed E-state index contributed by atoms with van der Waals surface area (Å²) in [6.45, 7) is 8.22. The molecular formula is C12H16Se. The van der Waals surface area contributed by atoms with Crippen molar-refractivity contribution in [3.05, 3.63) is 42.0 Å². The van der Waals surface area contributed by atoms with E-state index >= 15 is 0 Å². The molecule has 0 saturated carbocycles. The molecule has 0 aliphatic heterocycles. The molecular weight excluding hydrogens is 223 g/mol. The van der Waals surface area contributed by atoms with Crippen molar-refractivity contribution in [1.29, 1.82) is 0 Å². The maximum absolute atomic E-state index is 3.92. The van der Waals surface area contributed by atoms with Crippen molar-refractivity contribution in [2.45, 2.75) is 24.5 Å². The molecule has 13 heavy (non-hydrogen) atoms. The van der Waals surface area contributed by atoms with Gasteiger partial charge in [-0.15, -0.1) is 0 Å². The molecule has 1 rings (SSSR count). The molecule has 70 valence electrons. The van der Waals surface area contributed by atoms with Crippen LogP contribution in [0, 0.1) is 0 Å². The first-order valence-electron chi connectivity index (χ1n) is 4.56. The van der Waals surface area contributed by atoms with Crippen molar-refractivity contribution < 1.29 is 0 Å². The van der Waals surface area contributed by atoms with E-state index in [1.165, 1.54) is 21.8 Å². The van der Waals surface area contributed by atoms with Crippen molar-refractivity contribution in [1.82, 2.24) is 0 Å². The molecule has 0 spiro atoms. The molecule has 0 saturated heterocycles. The van der Waals surface area contributed by atoms with E-state index in [1.54, 1.807) is 0 Å². The number of allylic oxidation sites excluding steroid dienone is 1. The molecule has 0 nitrogen and oxygen atoms in total. The van der Waals surface area contributed by atoms with Gasteiger partial charge in [-0.1, -0.05) is 0 Å². The maximum atomic E-state index is 3.92. The van der Waals surface area contributed by atoms with Gasteiger partial charge in [0.15, 0.2) is 0 Å². The first-order valence-corrected chi connectivity index (χ1v) is 6.99. The quantitative estimate of drug-likeness (QED) is 0.707. The molecule has 1 aromatic carbocycles. The SMILES string of the molecule is C=C(C)c1ccc(C[Se]CC)cc1. The van der Waals surface area contributed by atoms with Crippen LogP contribution in [-0.4, -0.2) is 15.0 Å². The third kappa shape index (κ3) is 3.38. The van der Waals surface area contributed by atoms with Crippen LogP contribution in [0.15, 0.2) is 30.8 Å².